The van der Waals surface area contributed by atoms with E-state index < -0.39 is 23.4 Å². The lowest BCUT2D eigenvalue weighted by Gasteiger charge is -2.19. The van der Waals surface area contributed by atoms with Crippen molar-refractivity contribution in [3.63, 3.8) is 0 Å². The molecule has 424 valence electrons. The lowest BCUT2D eigenvalue weighted by Crippen LogP contribution is -3.00. The molecule has 0 aliphatic heterocycles. The van der Waals surface area contributed by atoms with Crippen molar-refractivity contribution in [2.45, 2.75) is 61.2 Å². The van der Waals surface area contributed by atoms with Crippen LogP contribution in [0.4, 0.5) is 17.2 Å². The molecule has 0 amide bonds. The van der Waals surface area contributed by atoms with E-state index in [-0.39, 0.29) is 31.0 Å². The summed E-state index contributed by atoms with van der Waals surface area (Å²) in [4.78, 5) is 57.3. The number of aromatic nitrogens is 9. The Balaban J connectivity index is 0.000000477. The van der Waals surface area contributed by atoms with Gasteiger partial charge in [-0.3, -0.25) is 25.3 Å². The zero-order valence-corrected chi connectivity index (χ0v) is 49.6. The summed E-state index contributed by atoms with van der Waals surface area (Å²) >= 11 is 19.7. The number of anilines is 3. The maximum Gasteiger partial charge on any atom is 0.339 e. The molecule has 9 N–H and O–H groups in total. The number of amidine groups is 1. The minimum absolute atomic E-state index is 0. The van der Waals surface area contributed by atoms with E-state index in [1.165, 1.54) is 0 Å². The fourth-order valence-corrected chi connectivity index (χ4v) is 6.52. The summed E-state index contributed by atoms with van der Waals surface area (Å²) in [7, 11) is 7.21. The Morgan fingerprint density at radius 1 is 0.782 bits per heavy atom. The second kappa shape index (κ2) is 36.4. The summed E-state index contributed by atoms with van der Waals surface area (Å²) in [5.74, 6) is 3.74. The highest BCUT2D eigenvalue weighted by atomic mass is 36.0. The van der Waals surface area contributed by atoms with Crippen molar-refractivity contribution in [1.82, 2.24) is 44.9 Å². The van der Waals surface area contributed by atoms with Crippen LogP contribution in [0.25, 0.3) is 33.1 Å². The number of nitrogens with zero attached hydrogens (tertiary/aromatic N) is 7. The number of methoxy groups -OCH3 is 2. The molecular weight excluding hydrogens is 1130 g/mol. The molecule has 78 heavy (non-hydrogen) atoms. The maximum atomic E-state index is 11.4. The maximum absolute atomic E-state index is 11.4. The smallest absolute Gasteiger partial charge is 0.339 e. The van der Waals surface area contributed by atoms with E-state index in [4.69, 9.17) is 51.7 Å². The topological polar surface area (TPSA) is 316 Å². The molecule has 8 aromatic rings. The average Bonchev–Trinajstić information content (AvgIpc) is 4.18. The second-order valence-corrected chi connectivity index (χ2v) is 22.4. The first-order chi connectivity index (χ1) is 36.5. The quantitative estimate of drug-likeness (QED) is 0.0158. The van der Waals surface area contributed by atoms with Gasteiger partial charge in [0.2, 0.25) is 5.84 Å². The highest BCUT2D eigenvalue weighted by Gasteiger charge is 2.24. The third-order valence-corrected chi connectivity index (χ3v) is 9.84. The van der Waals surface area contributed by atoms with Crippen LogP contribution < -0.4 is 48.8 Å². The SMILES string of the molecule is CC(N)=[NH2+].CCOC(=O)C(C#N)CC(OCC)OCC.CNc1ccc(OC)cc1.COc1ccc(N(C)c2nc(C)nc3[nH]ccc23)cc1.Cc1nc(Cl)c2cc[nH]c2n1.Cc1nc2[nH]ccc2c(=O)[nH]1.O=P(Cl)(Cl)Cl.[Cl-]. The molecule has 1 atom stereocenters. The summed E-state index contributed by atoms with van der Waals surface area (Å²) < 4.78 is 35.0. The second-order valence-electron chi connectivity index (χ2n) is 15.4. The third kappa shape index (κ3) is 25.7. The third-order valence-electron chi connectivity index (χ3n) is 9.55. The Morgan fingerprint density at radius 3 is 1.69 bits per heavy atom. The summed E-state index contributed by atoms with van der Waals surface area (Å²) in [6.45, 7) is 13.7. The molecule has 6 aromatic heterocycles. The number of rotatable bonds is 13. The number of nitrogens with one attached hydrogen (secondary N) is 5. The number of H-pyrrole nitrogens is 4. The predicted molar refractivity (Wildman–Crippen MR) is 307 cm³/mol. The Kier molecular flexibility index (Phi) is 32.4. The molecular formula is C50H66Cl5N14O8P. The molecule has 8 rings (SSSR count). The number of aryl methyl sites for hydroxylation is 3. The van der Waals surface area contributed by atoms with Gasteiger partial charge >= 0.3 is 11.2 Å². The molecule has 0 saturated heterocycles. The van der Waals surface area contributed by atoms with E-state index in [0.717, 1.165) is 56.6 Å². The van der Waals surface area contributed by atoms with Gasteiger partial charge in [0.1, 0.15) is 62.8 Å². The number of nitriles is 1. The number of halogens is 5. The number of fused-ring (bicyclic) bond motifs is 3. The number of hydrogen-bond donors (Lipinski definition) is 7. The molecule has 0 spiro atoms. The standard InChI is InChI=1S/C15H16N4O.C11H19NO4.C8H11NO.C7H6ClN3.C7H7N3O.C2H6N2.Cl3OP.ClH/c1-10-17-14-13(8-9-16-14)15(18-10)19(2)11-4-6-12(20-3)7-5-11;1-4-14-10(15-5-2)7-9(8-12)11(13)16-6-3;1-9-7-3-5-8(10-2)6-4-7;1-4-10-6(8)5-2-3-9-7(5)11-4;1-4-9-6-5(2-3-8-6)7(11)10-4;1-2(3)4;1-5(2,3)4;/h4-9H,1-3H3,(H,16,17,18);9-10H,4-7H2,1-3H3;3-6,9H,1-2H3;2-3H,1H3,(H,9,10,11);2-3H,1H3,(H2,8,9,10,11);1H3,(H3,3,4);;1H. The van der Waals surface area contributed by atoms with E-state index in [1.54, 1.807) is 53.5 Å². The minimum atomic E-state index is -3.22. The Labute approximate surface area is 478 Å². The van der Waals surface area contributed by atoms with Crippen LogP contribution in [-0.2, 0) is 23.6 Å². The zero-order chi connectivity index (χ0) is 57.7. The van der Waals surface area contributed by atoms with Gasteiger partial charge in [0.15, 0.2) is 6.29 Å². The number of ether oxygens (including phenoxy) is 5. The van der Waals surface area contributed by atoms with Crippen molar-refractivity contribution in [2.75, 3.05) is 58.4 Å². The van der Waals surface area contributed by atoms with Crippen molar-refractivity contribution in [1.29, 1.82) is 5.26 Å². The number of carbonyl (C=O) groups is 1. The van der Waals surface area contributed by atoms with Gasteiger partial charge in [-0.15, -0.1) is 0 Å². The van der Waals surface area contributed by atoms with Crippen LogP contribution in [0.1, 0.15) is 51.6 Å². The molecule has 0 aliphatic rings. The van der Waals surface area contributed by atoms with E-state index in [0.29, 0.717) is 46.9 Å². The first kappa shape index (κ1) is 69.3. The average molecular weight is 1200 g/mol. The fraction of sp³-hybridized carbons (Fsp3) is 0.340. The van der Waals surface area contributed by atoms with Crippen molar-refractivity contribution in [2.24, 2.45) is 11.7 Å². The van der Waals surface area contributed by atoms with Crippen molar-refractivity contribution in [3.05, 3.63) is 118 Å². The summed E-state index contributed by atoms with van der Waals surface area (Å²) in [6, 6.07) is 23.1. The van der Waals surface area contributed by atoms with Gasteiger partial charge in [0.05, 0.1) is 43.1 Å². The van der Waals surface area contributed by atoms with Gasteiger partial charge in [-0.05, 0) is 142 Å². The van der Waals surface area contributed by atoms with Gasteiger partial charge < -0.3 is 66.2 Å². The van der Waals surface area contributed by atoms with Crippen LogP contribution in [0.5, 0.6) is 11.5 Å². The van der Waals surface area contributed by atoms with E-state index >= 15 is 0 Å². The minimum Gasteiger partial charge on any atom is -1.00 e. The molecule has 6 heterocycles. The van der Waals surface area contributed by atoms with Crippen molar-refractivity contribution in [3.8, 4) is 17.6 Å². The number of aromatic amines is 4. The fourth-order valence-electron chi connectivity index (χ4n) is 6.24. The van der Waals surface area contributed by atoms with Gasteiger partial charge in [-0.1, -0.05) is 11.6 Å². The molecule has 0 saturated carbocycles. The Hall–Kier alpha value is -6.67. The molecule has 0 fully saturated rings. The van der Waals surface area contributed by atoms with Gasteiger partial charge in [0, 0.05) is 70.6 Å². The Bertz CT molecular complexity index is 3140. The van der Waals surface area contributed by atoms with Gasteiger partial charge in [-0.25, -0.2) is 24.9 Å². The van der Waals surface area contributed by atoms with Crippen LogP contribution in [-0.4, -0.2) is 111 Å². The monoisotopic (exact) mass is 1200 g/mol. The highest BCUT2D eigenvalue weighted by Crippen LogP contribution is 2.61. The van der Waals surface area contributed by atoms with Gasteiger partial charge in [0.25, 0.3) is 5.56 Å². The summed E-state index contributed by atoms with van der Waals surface area (Å²) in [5.41, 5.74) is 9.16. The highest BCUT2D eigenvalue weighted by molar-refractivity contribution is 8.24. The van der Waals surface area contributed by atoms with E-state index in [1.807, 2.05) is 120 Å². The lowest BCUT2D eigenvalue weighted by atomic mass is 10.1. The molecule has 0 aliphatic carbocycles. The number of carbonyl (C=O) groups excluding carboxylic acids is 1. The zero-order valence-electron chi connectivity index (χ0n) is 45.0. The van der Waals surface area contributed by atoms with Crippen molar-refractivity contribution < 1.29 is 50.9 Å². The first-order valence-corrected chi connectivity index (χ1v) is 28.2. The molecule has 28 heteroatoms. The number of hydrogen-bond acceptors (Lipinski definition) is 16. The number of benzene rings is 2. The predicted octanol–water partition coefficient (Wildman–Crippen LogP) is 6.68. The van der Waals surface area contributed by atoms with Crippen molar-refractivity contribution >= 4 is 113 Å². The molecule has 1 unspecified atom stereocenters. The number of esters is 1. The summed E-state index contributed by atoms with van der Waals surface area (Å²) in [5, 5.41) is 16.4. The Morgan fingerprint density at radius 2 is 1.23 bits per heavy atom. The molecule has 0 radical (unpaired) electrons. The summed E-state index contributed by atoms with van der Waals surface area (Å²) in [6.07, 6.45) is 5.06. The lowest BCUT2D eigenvalue weighted by molar-refractivity contribution is -0.161. The van der Waals surface area contributed by atoms with Gasteiger partial charge in [-0.2, -0.15) is 5.26 Å². The van der Waals surface area contributed by atoms with Crippen LogP contribution in [0.3, 0.4) is 0 Å². The molecule has 0 bridgehead atoms. The number of nitrogens with two attached hydrogens (primary N) is 2. The van der Waals surface area contributed by atoms with Crippen LogP contribution in [0, 0.1) is 38.0 Å². The molecule has 2 aromatic carbocycles. The van der Waals surface area contributed by atoms with E-state index in [9.17, 15) is 14.2 Å². The largest absolute Gasteiger partial charge is 1.00 e. The molecule has 22 nitrogen and oxygen atoms in total. The van der Waals surface area contributed by atoms with E-state index in [2.05, 4.69) is 83.9 Å². The van der Waals surface area contributed by atoms with Crippen LogP contribution in [0.2, 0.25) is 5.15 Å². The van der Waals surface area contributed by atoms with Crippen LogP contribution in [0.15, 0.2) is 90.1 Å². The van der Waals surface area contributed by atoms with Crippen LogP contribution >= 0.6 is 50.5 Å². The normalized spacial score (nSPS) is 10.5. The first-order valence-electron chi connectivity index (χ1n) is 23.4.